The fourth-order valence-corrected chi connectivity index (χ4v) is 2.31. The fourth-order valence-electron chi connectivity index (χ4n) is 2.18. The summed E-state index contributed by atoms with van der Waals surface area (Å²) >= 11 is 5.89. The summed E-state index contributed by atoms with van der Waals surface area (Å²) in [4.78, 5) is 2.38. The zero-order valence-corrected chi connectivity index (χ0v) is 13.9. The topological polar surface area (TPSA) is 15.3 Å². The minimum atomic E-state index is 0.750. The van der Waals surface area contributed by atoms with Crippen LogP contribution in [0.3, 0.4) is 0 Å². The van der Waals surface area contributed by atoms with E-state index in [1.54, 1.807) is 0 Å². The lowest BCUT2D eigenvalue weighted by Gasteiger charge is -2.16. The number of rotatable bonds is 10. The van der Waals surface area contributed by atoms with Gasteiger partial charge in [-0.1, -0.05) is 44.0 Å². The van der Waals surface area contributed by atoms with E-state index in [4.69, 9.17) is 11.6 Å². The molecular formula is C17H29ClN2. The number of benzene rings is 1. The van der Waals surface area contributed by atoms with Crippen LogP contribution < -0.4 is 5.32 Å². The summed E-state index contributed by atoms with van der Waals surface area (Å²) in [7, 11) is 2.19. The lowest BCUT2D eigenvalue weighted by atomic mass is 10.2. The third-order valence-electron chi connectivity index (χ3n) is 3.31. The Morgan fingerprint density at radius 3 is 2.45 bits per heavy atom. The van der Waals surface area contributed by atoms with E-state index < -0.39 is 0 Å². The monoisotopic (exact) mass is 296 g/mol. The van der Waals surface area contributed by atoms with Gasteiger partial charge in [-0.25, -0.2) is 0 Å². The van der Waals surface area contributed by atoms with Gasteiger partial charge in [0.25, 0.3) is 0 Å². The number of nitrogens with zero attached hydrogens (tertiary/aromatic N) is 1. The van der Waals surface area contributed by atoms with Gasteiger partial charge in [-0.3, -0.25) is 0 Å². The van der Waals surface area contributed by atoms with Crippen LogP contribution in [0, 0.1) is 5.92 Å². The van der Waals surface area contributed by atoms with Crippen LogP contribution in [0.15, 0.2) is 24.3 Å². The number of hydrogen-bond acceptors (Lipinski definition) is 2. The highest BCUT2D eigenvalue weighted by Crippen LogP contribution is 2.11. The standard InChI is InChI=1S/C17H29ClN2/c1-15(2)13-19-11-5-4-6-12-20(3)14-16-7-9-17(18)10-8-16/h7-10,15,19H,4-6,11-14H2,1-3H3. The average molecular weight is 297 g/mol. The zero-order chi connectivity index (χ0) is 14.8. The second kappa shape index (κ2) is 10.2. The SMILES string of the molecule is CC(C)CNCCCCCN(C)Cc1ccc(Cl)cc1. The number of hydrogen-bond donors (Lipinski definition) is 1. The summed E-state index contributed by atoms with van der Waals surface area (Å²) in [5.74, 6) is 0.750. The van der Waals surface area contributed by atoms with Crippen molar-refractivity contribution < 1.29 is 0 Å². The van der Waals surface area contributed by atoms with Crippen molar-refractivity contribution in [2.24, 2.45) is 5.92 Å². The molecule has 0 fully saturated rings. The zero-order valence-electron chi connectivity index (χ0n) is 13.2. The molecule has 0 amide bonds. The van der Waals surface area contributed by atoms with Gasteiger partial charge in [0.05, 0.1) is 0 Å². The van der Waals surface area contributed by atoms with Crippen molar-refractivity contribution in [1.29, 1.82) is 0 Å². The molecule has 0 aliphatic heterocycles. The van der Waals surface area contributed by atoms with Crippen LogP contribution in [-0.2, 0) is 6.54 Å². The van der Waals surface area contributed by atoms with Crippen molar-refractivity contribution >= 4 is 11.6 Å². The second-order valence-electron chi connectivity index (χ2n) is 6.02. The number of nitrogens with one attached hydrogen (secondary N) is 1. The van der Waals surface area contributed by atoms with Gasteiger partial charge in [0, 0.05) is 11.6 Å². The van der Waals surface area contributed by atoms with Crippen LogP contribution in [0.5, 0.6) is 0 Å². The number of unbranched alkanes of at least 4 members (excludes halogenated alkanes) is 2. The fraction of sp³-hybridized carbons (Fsp3) is 0.647. The third kappa shape index (κ3) is 8.57. The Bertz CT molecular complexity index is 349. The smallest absolute Gasteiger partial charge is 0.0406 e. The highest BCUT2D eigenvalue weighted by molar-refractivity contribution is 6.30. The summed E-state index contributed by atoms with van der Waals surface area (Å²) in [5, 5.41) is 4.30. The Kier molecular flexibility index (Phi) is 8.92. The molecule has 0 heterocycles. The molecule has 2 nitrogen and oxygen atoms in total. The first-order valence-corrected chi connectivity index (χ1v) is 8.09. The van der Waals surface area contributed by atoms with Gasteiger partial charge in [-0.2, -0.15) is 0 Å². The Hall–Kier alpha value is -0.570. The molecule has 0 aromatic heterocycles. The molecule has 0 aliphatic carbocycles. The predicted molar refractivity (Wildman–Crippen MR) is 89.3 cm³/mol. The summed E-state index contributed by atoms with van der Waals surface area (Å²) in [6.45, 7) is 8.95. The normalized spacial score (nSPS) is 11.5. The first-order valence-electron chi connectivity index (χ1n) is 7.71. The minimum absolute atomic E-state index is 0.750. The molecule has 1 aromatic rings. The maximum Gasteiger partial charge on any atom is 0.0406 e. The summed E-state index contributed by atoms with van der Waals surface area (Å²) < 4.78 is 0. The van der Waals surface area contributed by atoms with E-state index in [1.165, 1.54) is 24.8 Å². The highest BCUT2D eigenvalue weighted by atomic mass is 35.5. The van der Waals surface area contributed by atoms with Gasteiger partial charge in [0.1, 0.15) is 0 Å². The first-order chi connectivity index (χ1) is 9.58. The molecule has 114 valence electrons. The van der Waals surface area contributed by atoms with E-state index in [0.29, 0.717) is 0 Å². The maximum atomic E-state index is 5.89. The molecule has 0 unspecified atom stereocenters. The van der Waals surface area contributed by atoms with Crippen molar-refractivity contribution in [1.82, 2.24) is 10.2 Å². The van der Waals surface area contributed by atoms with E-state index in [1.807, 2.05) is 12.1 Å². The summed E-state index contributed by atoms with van der Waals surface area (Å²) in [5.41, 5.74) is 1.33. The Morgan fingerprint density at radius 1 is 1.10 bits per heavy atom. The van der Waals surface area contributed by atoms with Gasteiger partial charge < -0.3 is 10.2 Å². The second-order valence-corrected chi connectivity index (χ2v) is 6.46. The average Bonchev–Trinajstić information content (AvgIpc) is 2.40. The molecule has 1 aromatic carbocycles. The van der Waals surface area contributed by atoms with Crippen molar-refractivity contribution in [3.8, 4) is 0 Å². The molecule has 3 heteroatoms. The molecular weight excluding hydrogens is 268 g/mol. The molecule has 1 rings (SSSR count). The largest absolute Gasteiger partial charge is 0.316 e. The molecule has 1 N–H and O–H groups in total. The van der Waals surface area contributed by atoms with Crippen LogP contribution in [0.4, 0.5) is 0 Å². The Balaban J connectivity index is 2.03. The Morgan fingerprint density at radius 2 is 1.80 bits per heavy atom. The van der Waals surface area contributed by atoms with Crippen molar-refractivity contribution in [2.75, 3.05) is 26.7 Å². The molecule has 0 aliphatic rings. The molecule has 0 saturated carbocycles. The lowest BCUT2D eigenvalue weighted by molar-refractivity contribution is 0.317. The van der Waals surface area contributed by atoms with Crippen molar-refractivity contribution in [3.63, 3.8) is 0 Å². The molecule has 0 bridgehead atoms. The van der Waals surface area contributed by atoms with Crippen LogP contribution in [0.1, 0.15) is 38.7 Å². The van der Waals surface area contributed by atoms with Crippen LogP contribution in [-0.4, -0.2) is 31.6 Å². The van der Waals surface area contributed by atoms with E-state index in [2.05, 4.69) is 43.2 Å². The molecule has 0 radical (unpaired) electrons. The van der Waals surface area contributed by atoms with E-state index >= 15 is 0 Å². The van der Waals surface area contributed by atoms with Crippen LogP contribution in [0.2, 0.25) is 5.02 Å². The van der Waals surface area contributed by atoms with E-state index in [0.717, 1.165) is 37.1 Å². The number of halogens is 1. The molecule has 0 spiro atoms. The maximum absolute atomic E-state index is 5.89. The summed E-state index contributed by atoms with van der Waals surface area (Å²) in [6.07, 6.45) is 3.85. The predicted octanol–water partition coefficient (Wildman–Crippen LogP) is 4.19. The minimum Gasteiger partial charge on any atom is -0.316 e. The van der Waals surface area contributed by atoms with Crippen molar-refractivity contribution in [3.05, 3.63) is 34.9 Å². The molecule has 20 heavy (non-hydrogen) atoms. The first kappa shape index (κ1) is 17.5. The van der Waals surface area contributed by atoms with Gasteiger partial charge in [0.2, 0.25) is 0 Å². The lowest BCUT2D eigenvalue weighted by Crippen LogP contribution is -2.21. The van der Waals surface area contributed by atoms with Crippen LogP contribution in [0.25, 0.3) is 0 Å². The van der Waals surface area contributed by atoms with Gasteiger partial charge >= 0.3 is 0 Å². The molecule has 0 atom stereocenters. The quantitative estimate of drug-likeness (QED) is 0.651. The Labute approximate surface area is 129 Å². The van der Waals surface area contributed by atoms with E-state index in [9.17, 15) is 0 Å². The van der Waals surface area contributed by atoms with Gasteiger partial charge in [-0.05, 0) is 63.1 Å². The van der Waals surface area contributed by atoms with Gasteiger partial charge in [-0.15, -0.1) is 0 Å². The van der Waals surface area contributed by atoms with Crippen molar-refractivity contribution in [2.45, 2.75) is 39.7 Å². The third-order valence-corrected chi connectivity index (χ3v) is 3.56. The molecule has 0 saturated heterocycles. The summed E-state index contributed by atoms with van der Waals surface area (Å²) in [6, 6.07) is 8.14. The van der Waals surface area contributed by atoms with Gasteiger partial charge in [0.15, 0.2) is 0 Å². The van der Waals surface area contributed by atoms with Crippen LogP contribution >= 0.6 is 11.6 Å². The highest BCUT2D eigenvalue weighted by Gasteiger charge is 2.00. The van der Waals surface area contributed by atoms with E-state index in [-0.39, 0.29) is 0 Å².